The molecule has 5 rings (SSSR count). The molecule has 8 heteroatoms. The lowest BCUT2D eigenvalue weighted by atomic mass is 10.0. The van der Waals surface area contributed by atoms with Gasteiger partial charge in [0.2, 0.25) is 0 Å². The van der Waals surface area contributed by atoms with Crippen LogP contribution in [0.25, 0.3) is 5.82 Å². The molecule has 1 fully saturated rings. The molecule has 0 unspecified atom stereocenters. The summed E-state index contributed by atoms with van der Waals surface area (Å²) in [4.78, 5) is 11.3. The minimum absolute atomic E-state index is 0.127. The second-order valence-electron chi connectivity index (χ2n) is 7.11. The summed E-state index contributed by atoms with van der Waals surface area (Å²) in [5, 5.41) is 4.74. The second-order valence-corrected chi connectivity index (χ2v) is 8.85. The van der Waals surface area contributed by atoms with Crippen LogP contribution in [-0.2, 0) is 0 Å². The van der Waals surface area contributed by atoms with Crippen molar-refractivity contribution in [1.29, 1.82) is 0 Å². The number of thiocarbonyl (C=S) groups is 1. The smallest absolute Gasteiger partial charge is 0.174 e. The van der Waals surface area contributed by atoms with Crippen molar-refractivity contribution in [1.82, 2.24) is 19.9 Å². The van der Waals surface area contributed by atoms with Crippen molar-refractivity contribution >= 4 is 50.5 Å². The first kappa shape index (κ1) is 20.2. The lowest BCUT2D eigenvalue weighted by Gasteiger charge is -2.28. The molecule has 4 aromatic rings. The van der Waals surface area contributed by atoms with Crippen molar-refractivity contribution in [3.63, 3.8) is 0 Å². The van der Waals surface area contributed by atoms with E-state index in [-0.39, 0.29) is 12.1 Å². The first-order valence-electron chi connectivity index (χ1n) is 9.67. The Balaban J connectivity index is 1.66. The van der Waals surface area contributed by atoms with E-state index in [9.17, 15) is 0 Å². The first-order valence-corrected chi connectivity index (χ1v) is 11.2. The molecule has 154 valence electrons. The van der Waals surface area contributed by atoms with Gasteiger partial charge in [0.25, 0.3) is 0 Å². The molecule has 0 radical (unpaired) electrons. The molecule has 1 aliphatic heterocycles. The Bertz CT molecular complexity index is 1210. The Morgan fingerprint density at radius 3 is 2.52 bits per heavy atom. The van der Waals surface area contributed by atoms with E-state index in [1.54, 1.807) is 12.4 Å². The quantitative estimate of drug-likeness (QED) is 0.348. The fraction of sp³-hybridized carbons (Fsp3) is 0.0870. The third-order valence-corrected chi connectivity index (χ3v) is 6.31. The van der Waals surface area contributed by atoms with E-state index in [2.05, 4.69) is 58.9 Å². The summed E-state index contributed by atoms with van der Waals surface area (Å²) in [6.45, 7) is 0. The summed E-state index contributed by atoms with van der Waals surface area (Å²) in [6, 6.07) is 21.7. The standard InChI is InChI=1S/C23H17BrClN5S/c24-15-6-9-17(10-7-15)30-22(21(28-23(30)31)18-4-1-2-12-26-18)19-5-3-13-29(19)20-11-8-16(25)14-27-20/h1-14,21-22H,(H,28,31)/t21-,22-/m0/s1. The van der Waals surface area contributed by atoms with E-state index >= 15 is 0 Å². The van der Waals surface area contributed by atoms with Crippen molar-refractivity contribution < 1.29 is 0 Å². The molecule has 5 nitrogen and oxygen atoms in total. The van der Waals surface area contributed by atoms with E-state index in [0.717, 1.165) is 27.4 Å². The third kappa shape index (κ3) is 3.84. The number of nitrogens with zero attached hydrogens (tertiary/aromatic N) is 4. The van der Waals surface area contributed by atoms with Gasteiger partial charge in [-0.15, -0.1) is 0 Å². The van der Waals surface area contributed by atoms with Crippen LogP contribution in [0.5, 0.6) is 0 Å². The average Bonchev–Trinajstić information content (AvgIpc) is 3.40. The highest BCUT2D eigenvalue weighted by Crippen LogP contribution is 2.42. The predicted octanol–water partition coefficient (Wildman–Crippen LogP) is 5.86. The maximum Gasteiger partial charge on any atom is 0.174 e. The Morgan fingerprint density at radius 2 is 1.81 bits per heavy atom. The first-order chi connectivity index (χ1) is 15.1. The summed E-state index contributed by atoms with van der Waals surface area (Å²) in [6.07, 6.45) is 5.46. The molecular formula is C23H17BrClN5S. The van der Waals surface area contributed by atoms with Crippen LogP contribution in [-0.4, -0.2) is 19.6 Å². The van der Waals surface area contributed by atoms with Gasteiger partial charge >= 0.3 is 0 Å². The fourth-order valence-electron chi connectivity index (χ4n) is 3.89. The van der Waals surface area contributed by atoms with Crippen LogP contribution in [0.1, 0.15) is 23.5 Å². The van der Waals surface area contributed by atoms with Gasteiger partial charge in [0.1, 0.15) is 11.9 Å². The van der Waals surface area contributed by atoms with Crippen LogP contribution in [0.15, 0.2) is 89.8 Å². The minimum Gasteiger partial charge on any atom is -0.351 e. The molecule has 0 spiro atoms. The summed E-state index contributed by atoms with van der Waals surface area (Å²) < 4.78 is 3.08. The zero-order valence-electron chi connectivity index (χ0n) is 16.2. The van der Waals surface area contributed by atoms with Crippen LogP contribution in [0.4, 0.5) is 5.69 Å². The Kier molecular flexibility index (Phi) is 5.48. The topological polar surface area (TPSA) is 46.0 Å². The number of anilines is 1. The van der Waals surface area contributed by atoms with Gasteiger partial charge in [0, 0.05) is 34.4 Å². The number of aromatic nitrogens is 3. The molecule has 1 N–H and O–H groups in total. The van der Waals surface area contributed by atoms with Crippen LogP contribution >= 0.6 is 39.7 Å². The maximum atomic E-state index is 6.06. The Morgan fingerprint density at radius 1 is 0.968 bits per heavy atom. The molecule has 0 aliphatic carbocycles. The lowest BCUT2D eigenvalue weighted by Crippen LogP contribution is -2.30. The van der Waals surface area contributed by atoms with E-state index < -0.39 is 0 Å². The summed E-state index contributed by atoms with van der Waals surface area (Å²) in [7, 11) is 0. The van der Waals surface area contributed by atoms with E-state index in [4.69, 9.17) is 23.8 Å². The van der Waals surface area contributed by atoms with Gasteiger partial charge in [-0.2, -0.15) is 0 Å². The van der Waals surface area contributed by atoms with Gasteiger partial charge < -0.3 is 14.8 Å². The molecule has 31 heavy (non-hydrogen) atoms. The van der Waals surface area contributed by atoms with Gasteiger partial charge in [-0.3, -0.25) is 4.98 Å². The van der Waals surface area contributed by atoms with Gasteiger partial charge in [-0.25, -0.2) is 4.98 Å². The maximum absolute atomic E-state index is 6.06. The van der Waals surface area contributed by atoms with Gasteiger partial charge in [0.15, 0.2) is 5.11 Å². The monoisotopic (exact) mass is 509 g/mol. The lowest BCUT2D eigenvalue weighted by molar-refractivity contribution is 0.548. The predicted molar refractivity (Wildman–Crippen MR) is 131 cm³/mol. The molecule has 1 saturated heterocycles. The zero-order valence-corrected chi connectivity index (χ0v) is 19.3. The zero-order chi connectivity index (χ0) is 21.4. The Hall–Kier alpha value is -2.74. The van der Waals surface area contributed by atoms with E-state index in [1.807, 2.05) is 54.7 Å². The Labute approximate surface area is 198 Å². The number of hydrogen-bond donors (Lipinski definition) is 1. The second kappa shape index (κ2) is 8.42. The summed E-state index contributed by atoms with van der Waals surface area (Å²) >= 11 is 15.4. The van der Waals surface area contributed by atoms with Crippen LogP contribution < -0.4 is 10.2 Å². The van der Waals surface area contributed by atoms with Crippen LogP contribution in [0, 0.1) is 0 Å². The number of benzene rings is 1. The molecule has 0 saturated carbocycles. The summed E-state index contributed by atoms with van der Waals surface area (Å²) in [5.41, 5.74) is 2.97. The average molecular weight is 511 g/mol. The molecule has 3 aromatic heterocycles. The molecular weight excluding hydrogens is 494 g/mol. The fourth-order valence-corrected chi connectivity index (χ4v) is 4.61. The number of halogens is 2. The highest BCUT2D eigenvalue weighted by molar-refractivity contribution is 9.10. The van der Waals surface area contributed by atoms with Gasteiger partial charge in [0.05, 0.1) is 16.8 Å². The minimum atomic E-state index is -0.129. The van der Waals surface area contributed by atoms with Crippen LogP contribution in [0.3, 0.4) is 0 Å². The van der Waals surface area contributed by atoms with E-state index in [1.165, 1.54) is 0 Å². The van der Waals surface area contributed by atoms with Gasteiger partial charge in [-0.1, -0.05) is 33.6 Å². The normalized spacial score (nSPS) is 18.3. The SMILES string of the molecule is S=C1N[C@@H](c2ccccn2)[C@H](c2cccn2-c2ccc(Cl)cn2)N1c1ccc(Br)cc1. The van der Waals surface area contributed by atoms with Crippen molar-refractivity contribution in [3.8, 4) is 5.82 Å². The molecule has 0 amide bonds. The third-order valence-electron chi connectivity index (χ3n) is 5.24. The molecule has 1 aromatic carbocycles. The van der Waals surface area contributed by atoms with Crippen molar-refractivity contribution in [2.45, 2.75) is 12.1 Å². The molecule has 2 atom stereocenters. The van der Waals surface area contributed by atoms with Gasteiger partial charge in [-0.05, 0) is 72.9 Å². The van der Waals surface area contributed by atoms with E-state index in [0.29, 0.717) is 10.1 Å². The number of hydrogen-bond acceptors (Lipinski definition) is 3. The van der Waals surface area contributed by atoms with Crippen molar-refractivity contribution in [2.24, 2.45) is 0 Å². The molecule has 4 heterocycles. The number of pyridine rings is 2. The highest BCUT2D eigenvalue weighted by Gasteiger charge is 2.42. The van der Waals surface area contributed by atoms with Crippen molar-refractivity contribution in [3.05, 3.63) is 106 Å². The highest BCUT2D eigenvalue weighted by atomic mass is 79.9. The largest absolute Gasteiger partial charge is 0.351 e. The number of nitrogens with one attached hydrogen (secondary N) is 1. The summed E-state index contributed by atoms with van der Waals surface area (Å²) in [5.74, 6) is 0.790. The number of rotatable bonds is 4. The van der Waals surface area contributed by atoms with Crippen LogP contribution in [0.2, 0.25) is 5.02 Å². The van der Waals surface area contributed by atoms with Crippen molar-refractivity contribution in [2.75, 3.05) is 4.90 Å². The molecule has 1 aliphatic rings. The molecule has 0 bridgehead atoms.